The SMILES string of the molecule is CNC1CN(c2ncnc(-c3ccoc3)c2F)C1. The van der Waals surface area contributed by atoms with Gasteiger partial charge in [0.1, 0.15) is 12.0 Å². The van der Waals surface area contributed by atoms with Gasteiger partial charge in [0.25, 0.3) is 0 Å². The van der Waals surface area contributed by atoms with E-state index in [1.165, 1.54) is 18.9 Å². The predicted molar refractivity (Wildman–Crippen MR) is 64.8 cm³/mol. The Morgan fingerprint density at radius 2 is 2.28 bits per heavy atom. The molecule has 2 aromatic rings. The fourth-order valence-corrected chi connectivity index (χ4v) is 2.02. The number of nitrogens with zero attached hydrogens (tertiary/aromatic N) is 3. The average Bonchev–Trinajstić information content (AvgIpc) is 2.83. The Balaban J connectivity index is 1.91. The van der Waals surface area contributed by atoms with E-state index in [4.69, 9.17) is 4.42 Å². The van der Waals surface area contributed by atoms with Crippen LogP contribution < -0.4 is 10.2 Å². The third-order valence-electron chi connectivity index (χ3n) is 3.16. The number of likely N-dealkylation sites (N-methyl/N-ethyl adjacent to an activating group) is 1. The molecule has 2 aromatic heterocycles. The maximum absolute atomic E-state index is 14.3. The Bertz CT molecular complexity index is 537. The second kappa shape index (κ2) is 4.38. The summed E-state index contributed by atoms with van der Waals surface area (Å²) in [7, 11) is 1.90. The van der Waals surface area contributed by atoms with E-state index in [0.29, 0.717) is 17.4 Å². The molecule has 0 aromatic carbocycles. The van der Waals surface area contributed by atoms with Gasteiger partial charge in [-0.3, -0.25) is 0 Å². The first-order chi connectivity index (χ1) is 8.79. The Kier molecular flexibility index (Phi) is 2.71. The van der Waals surface area contributed by atoms with Crippen LogP contribution in [0.5, 0.6) is 0 Å². The normalized spacial score (nSPS) is 15.8. The maximum Gasteiger partial charge on any atom is 0.192 e. The number of halogens is 1. The highest BCUT2D eigenvalue weighted by atomic mass is 19.1. The van der Waals surface area contributed by atoms with Crippen molar-refractivity contribution in [2.75, 3.05) is 25.0 Å². The molecule has 0 aliphatic carbocycles. The number of rotatable bonds is 3. The standard InChI is InChI=1S/C12H13FN4O/c1-14-9-4-17(5-9)12-10(13)11(15-7-16-12)8-2-3-18-6-8/h2-3,6-7,9,14H,4-5H2,1H3. The lowest BCUT2D eigenvalue weighted by atomic mass is 10.1. The summed E-state index contributed by atoms with van der Waals surface area (Å²) in [4.78, 5) is 9.88. The monoisotopic (exact) mass is 248 g/mol. The zero-order chi connectivity index (χ0) is 12.5. The maximum atomic E-state index is 14.3. The zero-order valence-electron chi connectivity index (χ0n) is 9.93. The molecule has 6 heteroatoms. The topological polar surface area (TPSA) is 54.2 Å². The van der Waals surface area contributed by atoms with E-state index >= 15 is 0 Å². The lowest BCUT2D eigenvalue weighted by Gasteiger charge is -2.39. The molecule has 3 heterocycles. The summed E-state index contributed by atoms with van der Waals surface area (Å²) in [5, 5.41) is 3.14. The van der Waals surface area contributed by atoms with Crippen LogP contribution in [-0.4, -0.2) is 36.1 Å². The molecule has 0 saturated carbocycles. The van der Waals surface area contributed by atoms with E-state index in [2.05, 4.69) is 15.3 Å². The first-order valence-corrected chi connectivity index (χ1v) is 5.75. The van der Waals surface area contributed by atoms with Gasteiger partial charge in [-0.15, -0.1) is 0 Å². The molecular weight excluding hydrogens is 235 g/mol. The van der Waals surface area contributed by atoms with Crippen LogP contribution >= 0.6 is 0 Å². The Hall–Kier alpha value is -1.95. The number of hydrogen-bond acceptors (Lipinski definition) is 5. The van der Waals surface area contributed by atoms with Crippen LogP contribution in [0.1, 0.15) is 0 Å². The van der Waals surface area contributed by atoms with Gasteiger partial charge in [0.05, 0.1) is 12.5 Å². The van der Waals surface area contributed by atoms with Crippen LogP contribution in [0.3, 0.4) is 0 Å². The molecular formula is C12H13FN4O. The van der Waals surface area contributed by atoms with E-state index in [1.807, 2.05) is 11.9 Å². The smallest absolute Gasteiger partial charge is 0.192 e. The van der Waals surface area contributed by atoms with Crippen molar-refractivity contribution in [1.29, 1.82) is 0 Å². The largest absolute Gasteiger partial charge is 0.472 e. The van der Waals surface area contributed by atoms with Crippen LogP contribution in [-0.2, 0) is 0 Å². The quantitative estimate of drug-likeness (QED) is 0.886. The molecule has 1 aliphatic heterocycles. The molecule has 5 nitrogen and oxygen atoms in total. The summed E-state index contributed by atoms with van der Waals surface area (Å²) in [5.74, 6) is -0.0406. The summed E-state index contributed by atoms with van der Waals surface area (Å²) in [6, 6.07) is 2.08. The lowest BCUT2D eigenvalue weighted by Crippen LogP contribution is -2.57. The van der Waals surface area contributed by atoms with Crippen molar-refractivity contribution in [2.24, 2.45) is 0 Å². The van der Waals surface area contributed by atoms with E-state index in [-0.39, 0.29) is 5.69 Å². The Morgan fingerprint density at radius 3 is 2.94 bits per heavy atom. The first-order valence-electron chi connectivity index (χ1n) is 5.75. The van der Waals surface area contributed by atoms with Gasteiger partial charge in [-0.2, -0.15) is 0 Å². The molecule has 0 amide bonds. The minimum Gasteiger partial charge on any atom is -0.472 e. The molecule has 1 aliphatic rings. The second-order valence-corrected chi connectivity index (χ2v) is 4.26. The predicted octanol–water partition coefficient (Wildman–Crippen LogP) is 1.28. The Labute approximate surface area is 104 Å². The van der Waals surface area contributed by atoms with Gasteiger partial charge in [-0.25, -0.2) is 14.4 Å². The van der Waals surface area contributed by atoms with Gasteiger partial charge in [-0.05, 0) is 13.1 Å². The fourth-order valence-electron chi connectivity index (χ4n) is 2.02. The minimum absolute atomic E-state index is 0.279. The first kappa shape index (κ1) is 11.2. The molecule has 0 bridgehead atoms. The molecule has 0 atom stereocenters. The van der Waals surface area contributed by atoms with Crippen LogP contribution in [0.25, 0.3) is 11.3 Å². The summed E-state index contributed by atoms with van der Waals surface area (Å²) in [6.07, 6.45) is 4.35. The van der Waals surface area contributed by atoms with E-state index in [1.54, 1.807) is 6.07 Å². The molecule has 0 radical (unpaired) electrons. The molecule has 3 rings (SSSR count). The molecule has 18 heavy (non-hydrogen) atoms. The van der Waals surface area contributed by atoms with Gasteiger partial charge in [0, 0.05) is 24.7 Å². The lowest BCUT2D eigenvalue weighted by molar-refractivity contribution is 0.438. The summed E-state index contributed by atoms with van der Waals surface area (Å²) in [5.41, 5.74) is 0.906. The van der Waals surface area contributed by atoms with Gasteiger partial charge in [0.2, 0.25) is 0 Å². The third kappa shape index (κ3) is 1.74. The van der Waals surface area contributed by atoms with Gasteiger partial charge < -0.3 is 14.6 Å². The van der Waals surface area contributed by atoms with E-state index < -0.39 is 5.82 Å². The van der Waals surface area contributed by atoms with Crippen molar-refractivity contribution >= 4 is 5.82 Å². The zero-order valence-corrected chi connectivity index (χ0v) is 9.93. The molecule has 1 N–H and O–H groups in total. The fraction of sp³-hybridized carbons (Fsp3) is 0.333. The van der Waals surface area contributed by atoms with E-state index in [9.17, 15) is 4.39 Å². The molecule has 94 valence electrons. The highest BCUT2D eigenvalue weighted by Gasteiger charge is 2.29. The van der Waals surface area contributed by atoms with Crippen molar-refractivity contribution in [3.8, 4) is 11.3 Å². The van der Waals surface area contributed by atoms with Crippen molar-refractivity contribution in [3.63, 3.8) is 0 Å². The summed E-state index contributed by atoms with van der Waals surface area (Å²) >= 11 is 0. The third-order valence-corrected chi connectivity index (χ3v) is 3.16. The molecule has 0 unspecified atom stereocenters. The van der Waals surface area contributed by atoms with Crippen LogP contribution in [0, 0.1) is 5.82 Å². The number of aromatic nitrogens is 2. The van der Waals surface area contributed by atoms with Crippen molar-refractivity contribution < 1.29 is 8.81 Å². The molecule has 1 fully saturated rings. The minimum atomic E-state index is -0.395. The highest BCUT2D eigenvalue weighted by molar-refractivity contribution is 5.63. The van der Waals surface area contributed by atoms with Crippen molar-refractivity contribution in [3.05, 3.63) is 30.7 Å². The number of furan rings is 1. The highest BCUT2D eigenvalue weighted by Crippen LogP contribution is 2.28. The summed E-state index contributed by atoms with van der Waals surface area (Å²) in [6.45, 7) is 1.52. The van der Waals surface area contributed by atoms with Crippen LogP contribution in [0.2, 0.25) is 0 Å². The van der Waals surface area contributed by atoms with Gasteiger partial charge >= 0.3 is 0 Å². The second-order valence-electron chi connectivity index (χ2n) is 4.26. The van der Waals surface area contributed by atoms with Crippen LogP contribution in [0.15, 0.2) is 29.3 Å². The molecule has 0 spiro atoms. The number of hydrogen-bond donors (Lipinski definition) is 1. The van der Waals surface area contributed by atoms with Crippen LogP contribution in [0.4, 0.5) is 10.2 Å². The Morgan fingerprint density at radius 1 is 1.44 bits per heavy atom. The summed E-state index contributed by atoms with van der Waals surface area (Å²) < 4.78 is 19.3. The molecule has 1 saturated heterocycles. The number of anilines is 1. The van der Waals surface area contributed by atoms with Crippen molar-refractivity contribution in [1.82, 2.24) is 15.3 Å². The average molecular weight is 248 g/mol. The van der Waals surface area contributed by atoms with Gasteiger partial charge in [-0.1, -0.05) is 0 Å². The van der Waals surface area contributed by atoms with Crippen molar-refractivity contribution in [2.45, 2.75) is 6.04 Å². The number of nitrogens with one attached hydrogen (secondary N) is 1. The van der Waals surface area contributed by atoms with E-state index in [0.717, 1.165) is 13.1 Å². The van der Waals surface area contributed by atoms with Gasteiger partial charge in [0.15, 0.2) is 11.6 Å².